The molecule has 0 spiro atoms. The summed E-state index contributed by atoms with van der Waals surface area (Å²) in [5, 5.41) is 2.75. The predicted molar refractivity (Wildman–Crippen MR) is 64.9 cm³/mol. The first kappa shape index (κ1) is 13.4. The number of hydrogen-bond donors (Lipinski definition) is 1. The molecule has 0 radical (unpaired) electrons. The van der Waals surface area contributed by atoms with Crippen LogP contribution in [0.15, 0.2) is 23.1 Å². The summed E-state index contributed by atoms with van der Waals surface area (Å²) >= 11 is 0. The molecule has 0 aliphatic heterocycles. The van der Waals surface area contributed by atoms with Gasteiger partial charge in [-0.3, -0.25) is 9.59 Å². The molecule has 1 atom stereocenters. The Balaban J connectivity index is 2.62. The summed E-state index contributed by atoms with van der Waals surface area (Å²) in [6.07, 6.45) is 1.61. The van der Waals surface area contributed by atoms with E-state index in [1.165, 1.54) is 4.57 Å². The van der Waals surface area contributed by atoms with Crippen LogP contribution in [0.25, 0.3) is 0 Å². The van der Waals surface area contributed by atoms with E-state index in [2.05, 4.69) is 5.32 Å². The van der Waals surface area contributed by atoms with Crippen LogP contribution in [0.2, 0.25) is 0 Å². The smallest absolute Gasteiger partial charge is 0.253 e. The number of hydrogen-bond acceptors (Lipinski definition) is 3. The molecule has 1 aromatic rings. The Labute approximate surface area is 100 Å². The summed E-state index contributed by atoms with van der Waals surface area (Å²) in [7, 11) is 1.58. The van der Waals surface area contributed by atoms with Crippen LogP contribution < -0.4 is 10.9 Å². The first-order valence-corrected chi connectivity index (χ1v) is 5.49. The molecule has 1 heterocycles. The lowest BCUT2D eigenvalue weighted by atomic mass is 10.3. The Morgan fingerprint density at radius 1 is 1.59 bits per heavy atom. The highest BCUT2D eigenvalue weighted by Gasteiger charge is 2.08. The van der Waals surface area contributed by atoms with Gasteiger partial charge >= 0.3 is 0 Å². The van der Waals surface area contributed by atoms with Crippen LogP contribution in [0.5, 0.6) is 0 Å². The van der Waals surface area contributed by atoms with Gasteiger partial charge in [0.2, 0.25) is 5.91 Å². The molecule has 0 fully saturated rings. The van der Waals surface area contributed by atoms with Gasteiger partial charge in [-0.15, -0.1) is 0 Å². The number of ether oxygens (including phenoxy) is 1. The predicted octanol–water partition coefficient (Wildman–Crippen LogP) is 0.308. The quantitative estimate of drug-likeness (QED) is 0.803. The van der Waals surface area contributed by atoms with E-state index < -0.39 is 0 Å². The normalized spacial score (nSPS) is 12.2. The van der Waals surface area contributed by atoms with E-state index in [1.54, 1.807) is 32.4 Å². The van der Waals surface area contributed by atoms with Gasteiger partial charge in [0.05, 0.1) is 6.61 Å². The van der Waals surface area contributed by atoms with Gasteiger partial charge in [0.25, 0.3) is 5.56 Å². The Hall–Kier alpha value is -1.62. The monoisotopic (exact) mass is 238 g/mol. The van der Waals surface area contributed by atoms with Gasteiger partial charge in [-0.05, 0) is 19.9 Å². The van der Waals surface area contributed by atoms with Crippen LogP contribution >= 0.6 is 0 Å². The fourth-order valence-corrected chi connectivity index (χ4v) is 1.55. The molecule has 17 heavy (non-hydrogen) atoms. The zero-order valence-corrected chi connectivity index (χ0v) is 10.4. The summed E-state index contributed by atoms with van der Waals surface area (Å²) in [4.78, 5) is 23.3. The molecule has 1 unspecified atom stereocenters. The average Bonchev–Trinajstić information content (AvgIpc) is 2.25. The number of aromatic nitrogens is 1. The molecule has 1 amide bonds. The number of aryl methyl sites for hydroxylation is 1. The van der Waals surface area contributed by atoms with Crippen molar-refractivity contribution >= 4 is 5.91 Å². The van der Waals surface area contributed by atoms with Crippen LogP contribution in [0, 0.1) is 6.92 Å². The van der Waals surface area contributed by atoms with Gasteiger partial charge in [-0.25, -0.2) is 0 Å². The Morgan fingerprint density at radius 2 is 2.29 bits per heavy atom. The van der Waals surface area contributed by atoms with E-state index in [-0.39, 0.29) is 24.1 Å². The first-order chi connectivity index (χ1) is 8.04. The molecule has 5 heteroatoms. The lowest BCUT2D eigenvalue weighted by Gasteiger charge is -2.13. The third-order valence-electron chi connectivity index (χ3n) is 2.35. The lowest BCUT2D eigenvalue weighted by Crippen LogP contribution is -2.39. The second kappa shape index (κ2) is 6.20. The molecule has 0 aromatic carbocycles. The number of amides is 1. The summed E-state index contributed by atoms with van der Waals surface area (Å²) in [6.45, 7) is 4.06. The summed E-state index contributed by atoms with van der Waals surface area (Å²) in [6, 6.07) is 3.42. The van der Waals surface area contributed by atoms with Crippen LogP contribution in [-0.2, 0) is 16.1 Å². The zero-order chi connectivity index (χ0) is 12.8. The summed E-state index contributed by atoms with van der Waals surface area (Å²) in [5.41, 5.74) is 0.493. The summed E-state index contributed by atoms with van der Waals surface area (Å²) < 4.78 is 6.31. The molecule has 0 bridgehead atoms. The number of pyridine rings is 1. The number of rotatable bonds is 5. The minimum Gasteiger partial charge on any atom is -0.383 e. The molecule has 0 aliphatic rings. The summed E-state index contributed by atoms with van der Waals surface area (Å²) in [5.74, 6) is -0.192. The Kier molecular flexibility index (Phi) is 4.90. The number of methoxy groups -OCH3 is 1. The minimum atomic E-state index is -0.192. The Bertz CT molecular complexity index is 440. The molecule has 0 saturated carbocycles. The highest BCUT2D eigenvalue weighted by Crippen LogP contribution is 1.90. The second-order valence-electron chi connectivity index (χ2n) is 4.05. The van der Waals surface area contributed by atoms with Crippen LogP contribution in [-0.4, -0.2) is 30.2 Å². The molecule has 0 aliphatic carbocycles. The number of nitrogens with one attached hydrogen (secondary N) is 1. The van der Waals surface area contributed by atoms with E-state index in [0.29, 0.717) is 12.2 Å². The SMILES string of the molecule is COCC(C)NC(=O)Cn1cccc(C)c1=O. The molecular weight excluding hydrogens is 220 g/mol. The first-order valence-electron chi connectivity index (χ1n) is 5.49. The van der Waals surface area contributed by atoms with Crippen LogP contribution in [0.1, 0.15) is 12.5 Å². The van der Waals surface area contributed by atoms with Crippen molar-refractivity contribution in [2.45, 2.75) is 26.4 Å². The largest absolute Gasteiger partial charge is 0.383 e. The van der Waals surface area contributed by atoms with Gasteiger partial charge in [0.1, 0.15) is 6.54 Å². The fourth-order valence-electron chi connectivity index (χ4n) is 1.55. The third kappa shape index (κ3) is 4.03. The van der Waals surface area contributed by atoms with Crippen molar-refractivity contribution in [1.82, 2.24) is 9.88 Å². The van der Waals surface area contributed by atoms with Crippen molar-refractivity contribution in [2.75, 3.05) is 13.7 Å². The minimum absolute atomic E-state index is 0.0363. The third-order valence-corrected chi connectivity index (χ3v) is 2.35. The number of carbonyl (C=O) groups is 1. The van der Waals surface area contributed by atoms with Gasteiger partial charge in [-0.2, -0.15) is 0 Å². The van der Waals surface area contributed by atoms with Crippen molar-refractivity contribution in [1.29, 1.82) is 0 Å². The van der Waals surface area contributed by atoms with Gasteiger partial charge < -0.3 is 14.6 Å². The molecule has 0 saturated heterocycles. The molecule has 1 aromatic heterocycles. The lowest BCUT2D eigenvalue weighted by molar-refractivity contribution is -0.122. The van der Waals surface area contributed by atoms with Gasteiger partial charge in [0.15, 0.2) is 0 Å². The maximum atomic E-state index is 11.7. The van der Waals surface area contributed by atoms with Gasteiger partial charge in [-0.1, -0.05) is 6.07 Å². The van der Waals surface area contributed by atoms with E-state index in [0.717, 1.165) is 0 Å². The van der Waals surface area contributed by atoms with Crippen LogP contribution in [0.4, 0.5) is 0 Å². The van der Waals surface area contributed by atoms with Gasteiger partial charge in [0, 0.05) is 24.9 Å². The molecule has 1 rings (SSSR count). The maximum Gasteiger partial charge on any atom is 0.253 e. The highest BCUT2D eigenvalue weighted by molar-refractivity contribution is 5.76. The molecule has 5 nitrogen and oxygen atoms in total. The molecule has 1 N–H and O–H groups in total. The van der Waals surface area contributed by atoms with E-state index in [4.69, 9.17) is 4.74 Å². The topological polar surface area (TPSA) is 60.3 Å². The maximum absolute atomic E-state index is 11.7. The van der Waals surface area contributed by atoms with Crippen LogP contribution in [0.3, 0.4) is 0 Å². The van der Waals surface area contributed by atoms with E-state index in [1.807, 2.05) is 6.92 Å². The number of carbonyl (C=O) groups excluding carboxylic acids is 1. The van der Waals surface area contributed by atoms with Crippen molar-refractivity contribution in [3.8, 4) is 0 Å². The van der Waals surface area contributed by atoms with Crippen molar-refractivity contribution in [2.24, 2.45) is 0 Å². The van der Waals surface area contributed by atoms with Crippen molar-refractivity contribution < 1.29 is 9.53 Å². The van der Waals surface area contributed by atoms with E-state index in [9.17, 15) is 9.59 Å². The Morgan fingerprint density at radius 3 is 2.94 bits per heavy atom. The zero-order valence-electron chi connectivity index (χ0n) is 10.4. The second-order valence-corrected chi connectivity index (χ2v) is 4.05. The van der Waals surface area contributed by atoms with E-state index >= 15 is 0 Å². The molecular formula is C12H18N2O3. The number of nitrogens with zero attached hydrogens (tertiary/aromatic N) is 1. The average molecular weight is 238 g/mol. The van der Waals surface area contributed by atoms with Crippen molar-refractivity contribution in [3.05, 3.63) is 34.2 Å². The highest BCUT2D eigenvalue weighted by atomic mass is 16.5. The standard InChI is InChI=1S/C12H18N2O3/c1-9-5-4-6-14(12(9)16)7-11(15)13-10(2)8-17-3/h4-6,10H,7-8H2,1-3H3,(H,13,15). The fraction of sp³-hybridized carbons (Fsp3) is 0.500. The van der Waals surface area contributed by atoms with Crippen molar-refractivity contribution in [3.63, 3.8) is 0 Å². The molecule has 94 valence electrons.